The summed E-state index contributed by atoms with van der Waals surface area (Å²) in [4.78, 5) is 16.9. The molecule has 10 heteroatoms. The predicted molar refractivity (Wildman–Crippen MR) is 125 cm³/mol. The van der Waals surface area contributed by atoms with E-state index in [-0.39, 0.29) is 11.7 Å². The van der Waals surface area contributed by atoms with Gasteiger partial charge >= 0.3 is 0 Å². The molecule has 158 valence electrons. The van der Waals surface area contributed by atoms with E-state index in [2.05, 4.69) is 27.1 Å². The van der Waals surface area contributed by atoms with Gasteiger partial charge in [0.05, 0.1) is 23.3 Å². The summed E-state index contributed by atoms with van der Waals surface area (Å²) in [6.07, 6.45) is 3.38. The second-order valence-corrected chi connectivity index (χ2v) is 8.71. The van der Waals surface area contributed by atoms with Crippen molar-refractivity contribution < 1.29 is 9.21 Å². The maximum absolute atomic E-state index is 12.5. The van der Waals surface area contributed by atoms with Crippen molar-refractivity contribution in [3.63, 3.8) is 0 Å². The Morgan fingerprint density at radius 2 is 2.13 bits per heavy atom. The molecular formula is C21H18ClN5O2S2. The molecule has 1 N–H and O–H groups in total. The molecule has 0 saturated carbocycles. The van der Waals surface area contributed by atoms with Gasteiger partial charge in [-0.3, -0.25) is 9.36 Å². The van der Waals surface area contributed by atoms with E-state index in [0.29, 0.717) is 27.7 Å². The van der Waals surface area contributed by atoms with Gasteiger partial charge in [0.15, 0.2) is 16.1 Å². The Morgan fingerprint density at radius 1 is 1.32 bits per heavy atom. The lowest BCUT2D eigenvalue weighted by atomic mass is 10.2. The van der Waals surface area contributed by atoms with Gasteiger partial charge < -0.3 is 9.73 Å². The number of aryl methyl sites for hydroxylation is 1. The molecule has 1 amide bonds. The normalized spacial score (nSPS) is 10.9. The van der Waals surface area contributed by atoms with Crippen LogP contribution in [0.25, 0.3) is 22.6 Å². The molecular weight excluding hydrogens is 454 g/mol. The quantitative estimate of drug-likeness (QED) is 0.268. The van der Waals surface area contributed by atoms with Crippen molar-refractivity contribution in [3.05, 3.63) is 65.4 Å². The van der Waals surface area contributed by atoms with Crippen LogP contribution in [0.5, 0.6) is 0 Å². The van der Waals surface area contributed by atoms with Crippen LogP contribution < -0.4 is 5.32 Å². The number of allylic oxidation sites excluding steroid dienone is 1. The van der Waals surface area contributed by atoms with Gasteiger partial charge in [0.1, 0.15) is 5.76 Å². The first-order chi connectivity index (χ1) is 15.0. The van der Waals surface area contributed by atoms with E-state index < -0.39 is 0 Å². The zero-order chi connectivity index (χ0) is 21.8. The van der Waals surface area contributed by atoms with E-state index in [1.807, 2.05) is 47.2 Å². The van der Waals surface area contributed by atoms with Crippen LogP contribution in [-0.4, -0.2) is 31.4 Å². The SMILES string of the molecule is C=CCn1c(SCC(=O)Nc2nc(-c3ccc(Cl)cc3)cs2)nnc1-c1ccoc1C. The number of thiazole rings is 1. The molecule has 0 aliphatic heterocycles. The number of halogens is 1. The Balaban J connectivity index is 1.41. The molecule has 0 saturated heterocycles. The number of thioether (sulfide) groups is 1. The van der Waals surface area contributed by atoms with E-state index in [0.717, 1.165) is 22.6 Å². The van der Waals surface area contributed by atoms with Gasteiger partial charge in [0.2, 0.25) is 5.91 Å². The lowest BCUT2D eigenvalue weighted by molar-refractivity contribution is -0.113. The third kappa shape index (κ3) is 4.90. The first kappa shape index (κ1) is 21.4. The first-order valence-electron chi connectivity index (χ1n) is 9.28. The molecule has 0 aliphatic carbocycles. The molecule has 7 nitrogen and oxygen atoms in total. The summed E-state index contributed by atoms with van der Waals surface area (Å²) >= 11 is 8.60. The lowest BCUT2D eigenvalue weighted by Gasteiger charge is -2.07. The summed E-state index contributed by atoms with van der Waals surface area (Å²) in [6.45, 7) is 6.19. The van der Waals surface area contributed by atoms with E-state index in [1.54, 1.807) is 12.3 Å². The number of hydrogen-bond donors (Lipinski definition) is 1. The monoisotopic (exact) mass is 471 g/mol. The smallest absolute Gasteiger partial charge is 0.236 e. The molecule has 3 aromatic heterocycles. The molecule has 1 aromatic carbocycles. The third-order valence-electron chi connectivity index (χ3n) is 4.35. The minimum absolute atomic E-state index is 0.170. The Hall–Kier alpha value is -2.88. The van der Waals surface area contributed by atoms with Crippen LogP contribution in [0, 0.1) is 6.92 Å². The van der Waals surface area contributed by atoms with E-state index in [4.69, 9.17) is 16.0 Å². The van der Waals surface area contributed by atoms with Crippen molar-refractivity contribution in [2.75, 3.05) is 11.1 Å². The molecule has 0 unspecified atom stereocenters. The largest absolute Gasteiger partial charge is 0.469 e. The zero-order valence-electron chi connectivity index (χ0n) is 16.5. The van der Waals surface area contributed by atoms with E-state index >= 15 is 0 Å². The number of nitrogens with zero attached hydrogens (tertiary/aromatic N) is 4. The fraction of sp³-hybridized carbons (Fsp3) is 0.143. The Morgan fingerprint density at radius 3 is 2.84 bits per heavy atom. The van der Waals surface area contributed by atoms with Crippen molar-refractivity contribution in [3.8, 4) is 22.6 Å². The molecule has 4 aromatic rings. The van der Waals surface area contributed by atoms with Crippen LogP contribution in [0.3, 0.4) is 0 Å². The Labute approximate surface area is 192 Å². The fourth-order valence-electron chi connectivity index (χ4n) is 2.88. The summed E-state index contributed by atoms with van der Waals surface area (Å²) in [6, 6.07) is 9.25. The number of nitrogens with one attached hydrogen (secondary N) is 1. The van der Waals surface area contributed by atoms with Gasteiger partial charge in [-0.1, -0.05) is 41.6 Å². The standard InChI is InChI=1S/C21H18ClN5O2S2/c1-3-9-27-19(16-8-10-29-13(16)2)25-26-21(27)31-12-18(28)24-20-23-17(11-30-20)14-4-6-15(22)7-5-14/h3-8,10-11H,1,9,12H2,2H3,(H,23,24,28). The number of anilines is 1. The zero-order valence-corrected chi connectivity index (χ0v) is 18.9. The molecule has 3 heterocycles. The van der Waals surface area contributed by atoms with Gasteiger partial charge in [-0.15, -0.1) is 28.1 Å². The molecule has 0 aliphatic rings. The van der Waals surface area contributed by atoms with Crippen LogP contribution >= 0.6 is 34.7 Å². The van der Waals surface area contributed by atoms with Crippen molar-refractivity contribution in [2.45, 2.75) is 18.6 Å². The molecule has 0 spiro atoms. The maximum Gasteiger partial charge on any atom is 0.236 e. The van der Waals surface area contributed by atoms with Crippen molar-refractivity contribution >= 4 is 45.7 Å². The minimum atomic E-state index is -0.170. The van der Waals surface area contributed by atoms with Crippen molar-refractivity contribution in [1.29, 1.82) is 0 Å². The van der Waals surface area contributed by atoms with Gasteiger partial charge in [-0.05, 0) is 25.1 Å². The van der Waals surface area contributed by atoms with Crippen LogP contribution in [-0.2, 0) is 11.3 Å². The minimum Gasteiger partial charge on any atom is -0.469 e. The number of hydrogen-bond acceptors (Lipinski definition) is 7. The van der Waals surface area contributed by atoms with Crippen molar-refractivity contribution in [2.24, 2.45) is 0 Å². The fourth-order valence-corrected chi connectivity index (χ4v) is 4.48. The average Bonchev–Trinajstić information content (AvgIpc) is 3.48. The molecule has 0 fully saturated rings. The van der Waals surface area contributed by atoms with Gasteiger partial charge in [-0.2, -0.15) is 0 Å². The van der Waals surface area contributed by atoms with Crippen molar-refractivity contribution in [1.82, 2.24) is 19.7 Å². The number of rotatable bonds is 8. The third-order valence-corrected chi connectivity index (χ3v) is 6.33. The van der Waals surface area contributed by atoms with Crippen LogP contribution in [0.1, 0.15) is 5.76 Å². The second kappa shape index (κ2) is 9.51. The lowest BCUT2D eigenvalue weighted by Crippen LogP contribution is -2.14. The summed E-state index contributed by atoms with van der Waals surface area (Å²) in [5, 5.41) is 15.1. The summed E-state index contributed by atoms with van der Waals surface area (Å²) in [7, 11) is 0. The van der Waals surface area contributed by atoms with E-state index in [1.165, 1.54) is 23.1 Å². The molecule has 4 rings (SSSR count). The molecule has 31 heavy (non-hydrogen) atoms. The molecule has 0 radical (unpaired) electrons. The van der Waals surface area contributed by atoms with Gasteiger partial charge in [0, 0.05) is 22.5 Å². The van der Waals surface area contributed by atoms with Crippen LogP contribution in [0.2, 0.25) is 5.02 Å². The highest BCUT2D eigenvalue weighted by Gasteiger charge is 2.18. The summed E-state index contributed by atoms with van der Waals surface area (Å²) < 4.78 is 7.28. The summed E-state index contributed by atoms with van der Waals surface area (Å²) in [5.41, 5.74) is 2.59. The predicted octanol–water partition coefficient (Wildman–Crippen LogP) is 5.54. The van der Waals surface area contributed by atoms with Crippen LogP contribution in [0.4, 0.5) is 5.13 Å². The van der Waals surface area contributed by atoms with E-state index in [9.17, 15) is 4.79 Å². The molecule has 0 atom stereocenters. The summed E-state index contributed by atoms with van der Waals surface area (Å²) in [5.74, 6) is 1.44. The number of carbonyl (C=O) groups excluding carboxylic acids is 1. The van der Waals surface area contributed by atoms with Gasteiger partial charge in [0.25, 0.3) is 0 Å². The highest BCUT2D eigenvalue weighted by Crippen LogP contribution is 2.28. The first-order valence-corrected chi connectivity index (χ1v) is 11.5. The number of amides is 1. The highest BCUT2D eigenvalue weighted by atomic mass is 35.5. The Kier molecular flexibility index (Phi) is 6.55. The topological polar surface area (TPSA) is 85.8 Å². The Bertz CT molecular complexity index is 1210. The molecule has 0 bridgehead atoms. The number of aromatic nitrogens is 4. The number of benzene rings is 1. The van der Waals surface area contributed by atoms with Gasteiger partial charge in [-0.25, -0.2) is 4.98 Å². The van der Waals surface area contributed by atoms with Crippen LogP contribution in [0.15, 0.2) is 64.2 Å². The number of furan rings is 1. The maximum atomic E-state index is 12.5. The number of carbonyl (C=O) groups is 1. The highest BCUT2D eigenvalue weighted by molar-refractivity contribution is 7.99. The average molecular weight is 472 g/mol. The second-order valence-electron chi connectivity index (χ2n) is 6.48.